The third-order valence-electron chi connectivity index (χ3n) is 4.07. The van der Waals surface area contributed by atoms with Gasteiger partial charge in [0.05, 0.1) is 11.2 Å². The minimum Gasteiger partial charge on any atom is -0.477 e. The van der Waals surface area contributed by atoms with Gasteiger partial charge in [0.25, 0.3) is 0 Å². The summed E-state index contributed by atoms with van der Waals surface area (Å²) in [5.41, 5.74) is 0.0670. The van der Waals surface area contributed by atoms with Crippen LogP contribution in [0.1, 0.15) is 17.3 Å². The zero-order valence-electron chi connectivity index (χ0n) is 13.7. The topological polar surface area (TPSA) is 62.5 Å². The van der Waals surface area contributed by atoms with Crippen LogP contribution < -0.4 is 10.3 Å². The second-order valence-electron chi connectivity index (χ2n) is 5.38. The molecule has 1 aromatic heterocycles. The van der Waals surface area contributed by atoms with Gasteiger partial charge in [-0.15, -0.1) is 0 Å². The van der Waals surface area contributed by atoms with Gasteiger partial charge >= 0.3 is 5.97 Å². The number of aryl methyl sites for hydroxylation is 1. The Morgan fingerprint density at radius 3 is 2.58 bits per heavy atom. The number of benzene rings is 1. The zero-order valence-corrected chi connectivity index (χ0v) is 17.7. The standard InChI is InChI=1S/C16H17FN2O3S.K/c1-2-18-9-11(16(21)22)15(20)10-7-12(17)14(8-13(10)18)19-3-5-23-6-4-19;/h7-9H,2-6H2,1H3,(H,21,22);. The molecular formula is C16H17FKN2O3S. The molecule has 1 aliphatic heterocycles. The van der Waals surface area contributed by atoms with Crippen LogP contribution in [0.4, 0.5) is 10.1 Å². The number of hydrogen-bond acceptors (Lipinski definition) is 4. The van der Waals surface area contributed by atoms with Crippen LogP contribution in [-0.2, 0) is 6.54 Å². The summed E-state index contributed by atoms with van der Waals surface area (Å²) in [5, 5.41) is 9.27. The molecule has 1 aliphatic rings. The fourth-order valence-corrected chi connectivity index (χ4v) is 3.76. The number of nitrogens with zero attached hydrogens (tertiary/aromatic N) is 2. The second-order valence-corrected chi connectivity index (χ2v) is 6.61. The minimum atomic E-state index is -1.29. The zero-order chi connectivity index (χ0) is 16.6. The van der Waals surface area contributed by atoms with E-state index in [1.807, 2.05) is 23.6 Å². The number of carbonyl (C=O) groups is 1. The molecule has 1 fully saturated rings. The first-order valence-electron chi connectivity index (χ1n) is 7.45. The van der Waals surface area contributed by atoms with Gasteiger partial charge in [-0.3, -0.25) is 4.79 Å². The van der Waals surface area contributed by atoms with Gasteiger partial charge < -0.3 is 14.6 Å². The maximum Gasteiger partial charge on any atom is 0.341 e. The Balaban J connectivity index is 0.00000208. The van der Waals surface area contributed by atoms with E-state index in [0.29, 0.717) is 17.7 Å². The molecule has 2 heterocycles. The molecule has 1 aromatic carbocycles. The number of hydrogen-bond donors (Lipinski definition) is 1. The number of rotatable bonds is 3. The Kier molecular flexibility index (Phi) is 6.92. The van der Waals surface area contributed by atoms with Gasteiger partial charge in [0.2, 0.25) is 5.43 Å². The predicted molar refractivity (Wildman–Crippen MR) is 96.1 cm³/mol. The molecule has 8 heteroatoms. The Hall–Kier alpha value is -0.384. The summed E-state index contributed by atoms with van der Waals surface area (Å²) in [6.45, 7) is 3.88. The van der Waals surface area contributed by atoms with E-state index in [0.717, 1.165) is 24.6 Å². The van der Waals surface area contributed by atoms with Gasteiger partial charge in [-0.1, -0.05) is 0 Å². The van der Waals surface area contributed by atoms with Crippen molar-refractivity contribution in [1.29, 1.82) is 0 Å². The predicted octanol–water partition coefficient (Wildman–Crippen LogP) is 2.03. The molecule has 1 saturated heterocycles. The largest absolute Gasteiger partial charge is 0.477 e. The van der Waals surface area contributed by atoms with Gasteiger partial charge in [-0.05, 0) is 19.1 Å². The molecule has 1 radical (unpaired) electrons. The van der Waals surface area contributed by atoms with Crippen LogP contribution in [-0.4, -0.2) is 91.6 Å². The number of halogens is 1. The Morgan fingerprint density at radius 1 is 1.33 bits per heavy atom. The molecule has 0 bridgehead atoms. The minimum absolute atomic E-state index is 0. The summed E-state index contributed by atoms with van der Waals surface area (Å²) in [4.78, 5) is 25.5. The first-order chi connectivity index (χ1) is 11.0. The molecule has 0 atom stereocenters. The van der Waals surface area contributed by atoms with Crippen molar-refractivity contribution in [3.8, 4) is 0 Å². The van der Waals surface area contributed by atoms with Crippen molar-refractivity contribution in [2.45, 2.75) is 13.5 Å². The molecule has 0 saturated carbocycles. The molecule has 0 spiro atoms. The Labute approximate surface area is 185 Å². The van der Waals surface area contributed by atoms with Crippen molar-refractivity contribution in [3.05, 3.63) is 39.9 Å². The van der Waals surface area contributed by atoms with Gasteiger partial charge in [-0.2, -0.15) is 11.8 Å². The summed E-state index contributed by atoms with van der Waals surface area (Å²) >= 11 is 1.83. The van der Waals surface area contributed by atoms with E-state index >= 15 is 0 Å². The third kappa shape index (κ3) is 3.73. The van der Waals surface area contributed by atoms with Crippen molar-refractivity contribution >= 4 is 85.7 Å². The number of fused-ring (bicyclic) bond motifs is 1. The van der Waals surface area contributed by atoms with Crippen molar-refractivity contribution < 1.29 is 14.3 Å². The van der Waals surface area contributed by atoms with E-state index in [1.54, 1.807) is 10.6 Å². The number of thioether (sulfide) groups is 1. The summed E-state index contributed by atoms with van der Waals surface area (Å²) in [6.07, 6.45) is 1.33. The van der Waals surface area contributed by atoms with Crippen LogP contribution in [0.3, 0.4) is 0 Å². The average Bonchev–Trinajstić information content (AvgIpc) is 2.55. The summed E-state index contributed by atoms with van der Waals surface area (Å²) in [6, 6.07) is 2.84. The third-order valence-corrected chi connectivity index (χ3v) is 5.01. The van der Waals surface area contributed by atoms with Crippen LogP contribution in [0.5, 0.6) is 0 Å². The molecule has 123 valence electrons. The number of carboxylic acids is 1. The van der Waals surface area contributed by atoms with Crippen LogP contribution in [0, 0.1) is 5.82 Å². The van der Waals surface area contributed by atoms with Crippen molar-refractivity contribution in [1.82, 2.24) is 4.57 Å². The van der Waals surface area contributed by atoms with Gasteiger partial charge in [-0.25, -0.2) is 9.18 Å². The van der Waals surface area contributed by atoms with Crippen LogP contribution in [0.2, 0.25) is 0 Å². The maximum atomic E-state index is 14.5. The quantitative estimate of drug-likeness (QED) is 0.832. The van der Waals surface area contributed by atoms with E-state index < -0.39 is 17.2 Å². The summed E-state index contributed by atoms with van der Waals surface area (Å²) < 4.78 is 16.2. The van der Waals surface area contributed by atoms with Gasteiger partial charge in [0.15, 0.2) is 0 Å². The van der Waals surface area contributed by atoms with Crippen LogP contribution in [0.25, 0.3) is 10.9 Å². The van der Waals surface area contributed by atoms with Crippen LogP contribution >= 0.6 is 11.8 Å². The first-order valence-corrected chi connectivity index (χ1v) is 8.61. The Morgan fingerprint density at radius 2 is 2.00 bits per heavy atom. The molecule has 2 aromatic rings. The molecule has 5 nitrogen and oxygen atoms in total. The van der Waals surface area contributed by atoms with Gasteiger partial charge in [0, 0.05) is 94.1 Å². The molecular weight excluding hydrogens is 358 g/mol. The number of pyridine rings is 1. The SMILES string of the molecule is CCn1cc(C(=O)O)c(=O)c2cc(F)c(N3CCSCC3)cc21.[K]. The number of aromatic carboxylic acids is 1. The van der Waals surface area contributed by atoms with E-state index in [2.05, 4.69) is 0 Å². The average molecular weight is 375 g/mol. The van der Waals surface area contributed by atoms with Crippen molar-refractivity contribution in [3.63, 3.8) is 0 Å². The van der Waals surface area contributed by atoms with E-state index in [4.69, 9.17) is 5.11 Å². The maximum absolute atomic E-state index is 14.5. The molecule has 3 rings (SSSR count). The molecule has 0 unspecified atom stereocenters. The first kappa shape index (κ1) is 19.9. The monoisotopic (exact) mass is 375 g/mol. The molecule has 0 amide bonds. The smallest absolute Gasteiger partial charge is 0.341 e. The normalized spacial score (nSPS) is 14.5. The summed E-state index contributed by atoms with van der Waals surface area (Å²) in [5.74, 6) is 0.106. The van der Waals surface area contributed by atoms with E-state index in [1.165, 1.54) is 12.3 Å². The fraction of sp³-hybridized carbons (Fsp3) is 0.375. The van der Waals surface area contributed by atoms with Crippen molar-refractivity contribution in [2.24, 2.45) is 0 Å². The second kappa shape index (κ2) is 8.33. The molecule has 1 N–H and O–H groups in total. The van der Waals surface area contributed by atoms with E-state index in [9.17, 15) is 14.0 Å². The summed E-state index contributed by atoms with van der Waals surface area (Å²) in [7, 11) is 0. The molecule has 0 aliphatic carbocycles. The van der Waals surface area contributed by atoms with E-state index in [-0.39, 0.29) is 62.3 Å². The molecule has 24 heavy (non-hydrogen) atoms. The number of aromatic nitrogens is 1. The fourth-order valence-electron chi connectivity index (χ4n) is 2.86. The number of anilines is 1. The Bertz CT molecular complexity index is 834. The van der Waals surface area contributed by atoms with Crippen molar-refractivity contribution in [2.75, 3.05) is 29.5 Å². The number of carboxylic acid groups (broad SMARTS) is 1. The van der Waals surface area contributed by atoms with Gasteiger partial charge in [0.1, 0.15) is 11.4 Å². The van der Waals surface area contributed by atoms with Crippen LogP contribution in [0.15, 0.2) is 23.1 Å².